The average Bonchev–Trinajstić information content (AvgIpc) is 3.05. The van der Waals surface area contributed by atoms with Gasteiger partial charge in [-0.15, -0.1) is 0 Å². The Bertz CT molecular complexity index is 718. The Hall–Kier alpha value is -2.66. The fourth-order valence-electron chi connectivity index (χ4n) is 3.26. The lowest BCUT2D eigenvalue weighted by Crippen LogP contribution is -2.46. The normalized spacial score (nSPS) is 20.3. The van der Waals surface area contributed by atoms with E-state index in [0.29, 0.717) is 19.4 Å². The van der Waals surface area contributed by atoms with Gasteiger partial charge in [0.2, 0.25) is 5.91 Å². The van der Waals surface area contributed by atoms with Gasteiger partial charge in [0.25, 0.3) is 0 Å². The maximum absolute atomic E-state index is 12.6. The summed E-state index contributed by atoms with van der Waals surface area (Å²) in [5.41, 5.74) is 7.51. The molecule has 130 valence electrons. The number of primary amides is 1. The molecule has 5 heteroatoms. The van der Waals surface area contributed by atoms with Crippen molar-refractivity contribution in [1.82, 2.24) is 4.90 Å². The van der Waals surface area contributed by atoms with Crippen LogP contribution in [0.2, 0.25) is 0 Å². The second kappa shape index (κ2) is 7.94. The van der Waals surface area contributed by atoms with Gasteiger partial charge < -0.3 is 10.5 Å². The SMILES string of the molecule is NC(=O)[C@@H]1CC[C@H](C(=O)OCc2ccccc2)N1Cc1ccccc1. The highest BCUT2D eigenvalue weighted by atomic mass is 16.5. The van der Waals surface area contributed by atoms with E-state index in [9.17, 15) is 9.59 Å². The number of hydrogen-bond donors (Lipinski definition) is 1. The third kappa shape index (κ3) is 4.25. The number of esters is 1. The molecule has 0 aromatic heterocycles. The molecule has 1 aliphatic rings. The van der Waals surface area contributed by atoms with Crippen LogP contribution in [0, 0.1) is 0 Å². The smallest absolute Gasteiger partial charge is 0.323 e. The minimum Gasteiger partial charge on any atom is -0.460 e. The molecule has 0 radical (unpaired) electrons. The van der Waals surface area contributed by atoms with E-state index in [-0.39, 0.29) is 12.6 Å². The van der Waals surface area contributed by atoms with E-state index in [4.69, 9.17) is 10.5 Å². The number of carbonyl (C=O) groups is 2. The number of amides is 1. The van der Waals surface area contributed by atoms with Crippen LogP contribution in [0.15, 0.2) is 60.7 Å². The average molecular weight is 338 g/mol. The zero-order valence-corrected chi connectivity index (χ0v) is 14.0. The number of nitrogens with zero attached hydrogens (tertiary/aromatic N) is 1. The molecule has 2 aromatic carbocycles. The van der Waals surface area contributed by atoms with Crippen molar-refractivity contribution in [2.75, 3.05) is 0 Å². The number of hydrogen-bond acceptors (Lipinski definition) is 4. The van der Waals surface area contributed by atoms with Gasteiger partial charge in [-0.3, -0.25) is 14.5 Å². The van der Waals surface area contributed by atoms with E-state index < -0.39 is 18.0 Å². The van der Waals surface area contributed by atoms with E-state index in [1.807, 2.05) is 65.6 Å². The van der Waals surface area contributed by atoms with Crippen molar-refractivity contribution in [2.24, 2.45) is 5.73 Å². The molecule has 25 heavy (non-hydrogen) atoms. The van der Waals surface area contributed by atoms with Gasteiger partial charge in [0, 0.05) is 6.54 Å². The van der Waals surface area contributed by atoms with Crippen molar-refractivity contribution in [3.63, 3.8) is 0 Å². The molecule has 0 bridgehead atoms. The molecule has 0 spiro atoms. The molecule has 2 N–H and O–H groups in total. The largest absolute Gasteiger partial charge is 0.460 e. The monoisotopic (exact) mass is 338 g/mol. The van der Waals surface area contributed by atoms with Crippen LogP contribution in [0.25, 0.3) is 0 Å². The minimum absolute atomic E-state index is 0.233. The van der Waals surface area contributed by atoms with Crippen LogP contribution in [0.5, 0.6) is 0 Å². The van der Waals surface area contributed by atoms with Crippen LogP contribution in [-0.2, 0) is 27.5 Å². The van der Waals surface area contributed by atoms with Crippen molar-refractivity contribution < 1.29 is 14.3 Å². The summed E-state index contributed by atoms with van der Waals surface area (Å²) in [6.45, 7) is 0.732. The molecule has 2 aromatic rings. The summed E-state index contributed by atoms with van der Waals surface area (Å²) in [7, 11) is 0. The summed E-state index contributed by atoms with van der Waals surface area (Å²) >= 11 is 0. The first-order valence-corrected chi connectivity index (χ1v) is 8.44. The molecule has 0 saturated carbocycles. The third-order valence-corrected chi connectivity index (χ3v) is 4.55. The Morgan fingerprint density at radius 2 is 1.48 bits per heavy atom. The first kappa shape index (κ1) is 17.2. The van der Waals surface area contributed by atoms with E-state index in [1.165, 1.54) is 0 Å². The van der Waals surface area contributed by atoms with Crippen molar-refractivity contribution >= 4 is 11.9 Å². The highest BCUT2D eigenvalue weighted by Crippen LogP contribution is 2.27. The molecule has 2 atom stereocenters. The highest BCUT2D eigenvalue weighted by molar-refractivity contribution is 5.83. The second-order valence-corrected chi connectivity index (χ2v) is 6.26. The lowest BCUT2D eigenvalue weighted by molar-refractivity contribution is -0.151. The fraction of sp³-hybridized carbons (Fsp3) is 0.300. The zero-order valence-electron chi connectivity index (χ0n) is 14.0. The molecule has 0 unspecified atom stereocenters. The summed E-state index contributed by atoms with van der Waals surface area (Å²) in [6.07, 6.45) is 1.15. The summed E-state index contributed by atoms with van der Waals surface area (Å²) in [5.74, 6) is -0.696. The van der Waals surface area contributed by atoms with Gasteiger partial charge in [-0.25, -0.2) is 0 Å². The Morgan fingerprint density at radius 1 is 0.920 bits per heavy atom. The summed E-state index contributed by atoms with van der Waals surface area (Å²) in [4.78, 5) is 26.2. The van der Waals surface area contributed by atoms with E-state index in [0.717, 1.165) is 11.1 Å². The zero-order chi connectivity index (χ0) is 17.6. The first-order valence-electron chi connectivity index (χ1n) is 8.44. The van der Waals surface area contributed by atoms with E-state index in [2.05, 4.69) is 0 Å². The number of likely N-dealkylation sites (tertiary alicyclic amines) is 1. The molecular formula is C20H22N2O3. The predicted octanol–water partition coefficient (Wildman–Crippen LogP) is 2.25. The van der Waals surface area contributed by atoms with Gasteiger partial charge >= 0.3 is 5.97 Å². The van der Waals surface area contributed by atoms with E-state index >= 15 is 0 Å². The Labute approximate surface area is 147 Å². The van der Waals surface area contributed by atoms with Crippen LogP contribution < -0.4 is 5.73 Å². The van der Waals surface area contributed by atoms with Crippen LogP contribution in [0.4, 0.5) is 0 Å². The summed E-state index contributed by atoms with van der Waals surface area (Å²) in [5, 5.41) is 0. The lowest BCUT2D eigenvalue weighted by Gasteiger charge is -2.27. The van der Waals surface area contributed by atoms with Gasteiger partial charge in [-0.1, -0.05) is 60.7 Å². The highest BCUT2D eigenvalue weighted by Gasteiger charge is 2.41. The number of rotatable bonds is 6. The molecule has 1 heterocycles. The standard InChI is InChI=1S/C20H22N2O3/c21-19(23)17-11-12-18(22(17)13-15-7-3-1-4-8-15)20(24)25-14-16-9-5-2-6-10-16/h1-10,17-18H,11-14H2,(H2,21,23)/t17-,18+/m0/s1. The van der Waals surface area contributed by atoms with Crippen LogP contribution in [0.3, 0.4) is 0 Å². The number of benzene rings is 2. The van der Waals surface area contributed by atoms with Crippen LogP contribution in [-0.4, -0.2) is 28.9 Å². The van der Waals surface area contributed by atoms with Crippen molar-refractivity contribution in [3.05, 3.63) is 71.8 Å². The molecule has 1 saturated heterocycles. The quantitative estimate of drug-likeness (QED) is 0.820. The van der Waals surface area contributed by atoms with Gasteiger partial charge in [-0.05, 0) is 24.0 Å². The van der Waals surface area contributed by atoms with Crippen LogP contribution >= 0.6 is 0 Å². The number of nitrogens with two attached hydrogens (primary N) is 1. The van der Waals surface area contributed by atoms with Crippen molar-refractivity contribution in [2.45, 2.75) is 38.1 Å². The molecule has 5 nitrogen and oxygen atoms in total. The first-order chi connectivity index (χ1) is 12.1. The second-order valence-electron chi connectivity index (χ2n) is 6.26. The Balaban J connectivity index is 1.69. The topological polar surface area (TPSA) is 72.6 Å². The molecule has 1 amide bonds. The summed E-state index contributed by atoms with van der Waals surface area (Å²) < 4.78 is 5.48. The number of ether oxygens (including phenoxy) is 1. The van der Waals surface area contributed by atoms with E-state index in [1.54, 1.807) is 0 Å². The lowest BCUT2D eigenvalue weighted by atomic mass is 10.1. The third-order valence-electron chi connectivity index (χ3n) is 4.55. The maximum Gasteiger partial charge on any atom is 0.323 e. The maximum atomic E-state index is 12.6. The molecule has 3 rings (SSSR count). The Morgan fingerprint density at radius 3 is 2.08 bits per heavy atom. The minimum atomic E-state index is -0.443. The van der Waals surface area contributed by atoms with Gasteiger partial charge in [0.05, 0.1) is 6.04 Å². The molecule has 1 fully saturated rings. The molecular weight excluding hydrogens is 316 g/mol. The predicted molar refractivity (Wildman–Crippen MR) is 94.2 cm³/mol. The van der Waals surface area contributed by atoms with Gasteiger partial charge in [0.15, 0.2) is 0 Å². The number of carbonyl (C=O) groups excluding carboxylic acids is 2. The Kier molecular flexibility index (Phi) is 5.46. The molecule has 1 aliphatic heterocycles. The van der Waals surface area contributed by atoms with Crippen molar-refractivity contribution in [3.8, 4) is 0 Å². The summed E-state index contributed by atoms with van der Waals surface area (Å²) in [6, 6.07) is 18.4. The van der Waals surface area contributed by atoms with Crippen molar-refractivity contribution in [1.29, 1.82) is 0 Å². The van der Waals surface area contributed by atoms with Gasteiger partial charge in [-0.2, -0.15) is 0 Å². The van der Waals surface area contributed by atoms with Gasteiger partial charge in [0.1, 0.15) is 12.6 Å². The van der Waals surface area contributed by atoms with Crippen LogP contribution in [0.1, 0.15) is 24.0 Å². The molecule has 0 aliphatic carbocycles. The fourth-order valence-corrected chi connectivity index (χ4v) is 3.26.